The summed E-state index contributed by atoms with van der Waals surface area (Å²) in [6, 6.07) is 7.24. The van der Waals surface area contributed by atoms with Crippen LogP contribution in [0.25, 0.3) is 11.1 Å². The van der Waals surface area contributed by atoms with Gasteiger partial charge in [0.25, 0.3) is 6.43 Å². The molecule has 0 radical (unpaired) electrons. The molecule has 0 amide bonds. The van der Waals surface area contributed by atoms with Crippen LogP contribution in [0.2, 0.25) is 20.1 Å². The fourth-order valence-electron chi connectivity index (χ4n) is 1.68. The quantitative estimate of drug-likeness (QED) is 0.557. The van der Waals surface area contributed by atoms with Crippen molar-refractivity contribution in [2.75, 3.05) is 0 Å². The summed E-state index contributed by atoms with van der Waals surface area (Å²) < 4.78 is 25.6. The Labute approximate surface area is 128 Å². The Bertz CT molecular complexity index is 603. The van der Waals surface area contributed by atoms with E-state index in [4.69, 9.17) is 46.4 Å². The normalized spacial score (nSPS) is 11.1. The van der Waals surface area contributed by atoms with E-state index in [0.717, 1.165) is 0 Å². The summed E-state index contributed by atoms with van der Waals surface area (Å²) in [5.74, 6) is 0. The highest BCUT2D eigenvalue weighted by atomic mass is 35.5. The van der Waals surface area contributed by atoms with E-state index in [0.29, 0.717) is 26.2 Å². The van der Waals surface area contributed by atoms with Crippen molar-refractivity contribution in [1.82, 2.24) is 0 Å². The summed E-state index contributed by atoms with van der Waals surface area (Å²) in [5.41, 5.74) is 0.652. The van der Waals surface area contributed by atoms with Crippen LogP contribution < -0.4 is 0 Å². The molecule has 0 bridgehead atoms. The van der Waals surface area contributed by atoms with E-state index in [9.17, 15) is 8.78 Å². The molecule has 0 aliphatic carbocycles. The van der Waals surface area contributed by atoms with Crippen LogP contribution in [0.5, 0.6) is 0 Å². The average molecular weight is 342 g/mol. The van der Waals surface area contributed by atoms with Crippen molar-refractivity contribution in [3.05, 3.63) is 56.0 Å². The monoisotopic (exact) mass is 340 g/mol. The van der Waals surface area contributed by atoms with Crippen molar-refractivity contribution in [1.29, 1.82) is 0 Å². The molecule has 0 heterocycles. The van der Waals surface area contributed by atoms with Crippen LogP contribution in [0.1, 0.15) is 12.0 Å². The average Bonchev–Trinajstić information content (AvgIpc) is 2.29. The molecule has 19 heavy (non-hydrogen) atoms. The maximum Gasteiger partial charge on any atom is 0.265 e. The predicted molar refractivity (Wildman–Crippen MR) is 76.9 cm³/mol. The molecule has 0 aromatic heterocycles. The first-order valence-electron chi connectivity index (χ1n) is 5.12. The molecule has 2 rings (SSSR count). The minimum absolute atomic E-state index is 0.0000385. The smallest absolute Gasteiger partial charge is 0.205 e. The summed E-state index contributed by atoms with van der Waals surface area (Å²) in [4.78, 5) is 0. The zero-order chi connectivity index (χ0) is 14.2. The number of alkyl halides is 2. The van der Waals surface area contributed by atoms with Crippen LogP contribution in [-0.2, 0) is 0 Å². The number of hydrogen-bond acceptors (Lipinski definition) is 0. The molecule has 0 nitrogen and oxygen atoms in total. The molecule has 0 fully saturated rings. The Kier molecular flexibility index (Phi) is 4.57. The van der Waals surface area contributed by atoms with E-state index in [1.165, 1.54) is 24.3 Å². The Balaban J connectivity index is 2.63. The second kappa shape index (κ2) is 5.84. The van der Waals surface area contributed by atoms with Crippen LogP contribution in [0.4, 0.5) is 8.78 Å². The summed E-state index contributed by atoms with van der Waals surface area (Å²) in [6.45, 7) is 0. The van der Waals surface area contributed by atoms with Crippen molar-refractivity contribution in [3.63, 3.8) is 0 Å². The third-order valence-electron chi connectivity index (χ3n) is 2.53. The molecule has 2 aromatic carbocycles. The number of hydrogen-bond donors (Lipinski definition) is 0. The van der Waals surface area contributed by atoms with Crippen LogP contribution in [-0.4, -0.2) is 0 Å². The first-order valence-corrected chi connectivity index (χ1v) is 6.64. The molecule has 0 spiro atoms. The fourth-order valence-corrected chi connectivity index (χ4v) is 2.92. The highest BCUT2D eigenvalue weighted by Crippen LogP contribution is 2.39. The van der Waals surface area contributed by atoms with Crippen LogP contribution in [0.3, 0.4) is 0 Å². The largest absolute Gasteiger partial charge is 0.265 e. The molecule has 0 saturated heterocycles. The number of halogens is 6. The molecular formula is C13H6Cl4F2. The van der Waals surface area contributed by atoms with Crippen molar-refractivity contribution in [2.45, 2.75) is 6.43 Å². The van der Waals surface area contributed by atoms with Gasteiger partial charge in [-0.2, -0.15) is 0 Å². The fraction of sp³-hybridized carbons (Fsp3) is 0.0769. The van der Waals surface area contributed by atoms with E-state index in [1.54, 1.807) is 6.07 Å². The van der Waals surface area contributed by atoms with Crippen LogP contribution >= 0.6 is 46.4 Å². The van der Waals surface area contributed by atoms with Crippen molar-refractivity contribution >= 4 is 46.4 Å². The van der Waals surface area contributed by atoms with Gasteiger partial charge in [-0.1, -0.05) is 52.5 Å². The Morgan fingerprint density at radius 2 is 1.37 bits per heavy atom. The molecule has 0 atom stereocenters. The molecule has 0 saturated carbocycles. The lowest BCUT2D eigenvalue weighted by Gasteiger charge is -2.11. The lowest BCUT2D eigenvalue weighted by molar-refractivity contribution is 0.151. The van der Waals surface area contributed by atoms with Crippen LogP contribution in [0.15, 0.2) is 30.3 Å². The molecule has 0 aliphatic rings. The van der Waals surface area contributed by atoms with Gasteiger partial charge in [0.2, 0.25) is 0 Å². The van der Waals surface area contributed by atoms with Gasteiger partial charge in [0.05, 0.1) is 10.0 Å². The standard InChI is InChI=1S/C13H6Cl4F2/c14-7-4-10(16)12(11(17)5-7)6-1-2-9(15)8(3-6)13(18)19/h1-5,13H. The summed E-state index contributed by atoms with van der Waals surface area (Å²) in [6.07, 6.45) is -2.67. The maximum atomic E-state index is 12.8. The zero-order valence-electron chi connectivity index (χ0n) is 9.23. The first kappa shape index (κ1) is 14.9. The van der Waals surface area contributed by atoms with Gasteiger partial charge >= 0.3 is 0 Å². The lowest BCUT2D eigenvalue weighted by Crippen LogP contribution is -1.89. The molecule has 0 aliphatic heterocycles. The topological polar surface area (TPSA) is 0 Å². The Morgan fingerprint density at radius 1 is 0.789 bits per heavy atom. The van der Waals surface area contributed by atoms with Gasteiger partial charge in [0.15, 0.2) is 0 Å². The molecule has 6 heteroatoms. The van der Waals surface area contributed by atoms with Gasteiger partial charge in [-0.3, -0.25) is 0 Å². The molecule has 0 N–H and O–H groups in total. The van der Waals surface area contributed by atoms with Crippen molar-refractivity contribution in [2.24, 2.45) is 0 Å². The third kappa shape index (κ3) is 3.14. The minimum atomic E-state index is -2.67. The molecule has 100 valence electrons. The van der Waals surface area contributed by atoms with Crippen LogP contribution in [0, 0.1) is 0 Å². The SMILES string of the molecule is FC(F)c1cc(-c2c(Cl)cc(Cl)cc2Cl)ccc1Cl. The van der Waals surface area contributed by atoms with E-state index in [2.05, 4.69) is 0 Å². The maximum absolute atomic E-state index is 12.8. The van der Waals surface area contributed by atoms with Gasteiger partial charge < -0.3 is 0 Å². The highest BCUT2D eigenvalue weighted by Gasteiger charge is 2.16. The Morgan fingerprint density at radius 3 is 1.89 bits per heavy atom. The van der Waals surface area contributed by atoms with Crippen molar-refractivity contribution in [3.8, 4) is 11.1 Å². The van der Waals surface area contributed by atoms with Gasteiger partial charge in [-0.25, -0.2) is 8.78 Å². The Hall–Kier alpha value is -0.540. The zero-order valence-corrected chi connectivity index (χ0v) is 12.3. The van der Waals surface area contributed by atoms with Gasteiger partial charge in [0.1, 0.15) is 0 Å². The molecular weight excluding hydrogens is 336 g/mol. The predicted octanol–water partition coefficient (Wildman–Crippen LogP) is 6.90. The third-order valence-corrected chi connectivity index (χ3v) is 3.69. The molecule has 0 unspecified atom stereocenters. The highest BCUT2D eigenvalue weighted by molar-refractivity contribution is 6.41. The van der Waals surface area contributed by atoms with E-state index in [1.807, 2.05) is 0 Å². The van der Waals surface area contributed by atoms with E-state index >= 15 is 0 Å². The number of rotatable bonds is 2. The van der Waals surface area contributed by atoms with Gasteiger partial charge in [-0.15, -0.1) is 0 Å². The minimum Gasteiger partial charge on any atom is -0.205 e. The second-order valence-electron chi connectivity index (χ2n) is 3.78. The second-order valence-corrected chi connectivity index (χ2v) is 5.44. The number of benzene rings is 2. The van der Waals surface area contributed by atoms with E-state index < -0.39 is 6.43 Å². The summed E-state index contributed by atoms with van der Waals surface area (Å²) in [7, 11) is 0. The van der Waals surface area contributed by atoms with Crippen molar-refractivity contribution < 1.29 is 8.78 Å². The lowest BCUT2D eigenvalue weighted by atomic mass is 10.0. The summed E-state index contributed by atoms with van der Waals surface area (Å²) >= 11 is 23.6. The summed E-state index contributed by atoms with van der Waals surface area (Å²) in [5, 5.41) is 0.960. The van der Waals surface area contributed by atoms with Gasteiger partial charge in [0, 0.05) is 21.2 Å². The molecule has 2 aromatic rings. The van der Waals surface area contributed by atoms with E-state index in [-0.39, 0.29) is 10.6 Å². The first-order chi connectivity index (χ1) is 8.90. The van der Waals surface area contributed by atoms with Gasteiger partial charge in [-0.05, 0) is 29.8 Å².